The topological polar surface area (TPSA) is 82.2 Å². The lowest BCUT2D eigenvalue weighted by molar-refractivity contribution is -0.122. The highest BCUT2D eigenvalue weighted by atomic mass is 16.2. The van der Waals surface area contributed by atoms with E-state index in [2.05, 4.69) is 34.5 Å². The van der Waals surface area contributed by atoms with Crippen LogP contribution in [-0.4, -0.2) is 31.1 Å². The summed E-state index contributed by atoms with van der Waals surface area (Å²) in [5.74, 6) is -0.134. The number of hydrogen-bond acceptors (Lipinski definition) is 4. The summed E-state index contributed by atoms with van der Waals surface area (Å²) in [5.41, 5.74) is 9.39. The molecule has 0 saturated carbocycles. The molecule has 1 fully saturated rings. The Hall–Kier alpha value is -2.84. The van der Waals surface area contributed by atoms with Crippen molar-refractivity contribution in [3.05, 3.63) is 54.1 Å². The van der Waals surface area contributed by atoms with Crippen molar-refractivity contribution < 1.29 is 4.79 Å². The molecule has 0 aromatic heterocycles. The average Bonchev–Trinajstić information content (AvgIpc) is 3.10. The molecule has 128 valence electrons. The molecule has 1 amide bonds. The van der Waals surface area contributed by atoms with E-state index in [1.54, 1.807) is 6.92 Å². The molecule has 2 aromatic carbocycles. The number of rotatable bonds is 4. The average molecular weight is 334 g/mol. The van der Waals surface area contributed by atoms with Gasteiger partial charge in [0, 0.05) is 19.1 Å². The van der Waals surface area contributed by atoms with Gasteiger partial charge >= 0.3 is 0 Å². The maximum absolute atomic E-state index is 11.8. The highest BCUT2D eigenvalue weighted by Gasteiger charge is 2.26. The molecule has 0 bridgehead atoms. The third-order valence-corrected chi connectivity index (χ3v) is 4.51. The Kier molecular flexibility index (Phi) is 5.01. The number of carbonyl (C=O) groups is 1. The van der Waals surface area contributed by atoms with E-state index in [1.807, 2.05) is 30.3 Å². The Morgan fingerprint density at radius 2 is 2.04 bits per heavy atom. The number of hydrogen-bond donors (Lipinski definition) is 2. The van der Waals surface area contributed by atoms with Crippen molar-refractivity contribution in [2.24, 2.45) is 5.73 Å². The van der Waals surface area contributed by atoms with E-state index in [-0.39, 0.29) is 11.9 Å². The molecule has 1 saturated heterocycles. The summed E-state index contributed by atoms with van der Waals surface area (Å²) in [6, 6.07) is 17.8. The van der Waals surface area contributed by atoms with Gasteiger partial charge in [-0.2, -0.15) is 5.26 Å². The van der Waals surface area contributed by atoms with E-state index in [0.717, 1.165) is 29.8 Å². The molecule has 0 aliphatic carbocycles. The standard InChI is InChI=1S/C20H22N4O/c1-14(22)20(25)23-18-9-10-24(13-18)19-11-16(7-8-17(19)12-21)15-5-3-2-4-6-15/h2-8,11,14,18H,9-10,13,22H2,1H3,(H,23,25). The number of carbonyl (C=O) groups excluding carboxylic acids is 1. The molecule has 5 heteroatoms. The van der Waals surface area contributed by atoms with E-state index in [0.29, 0.717) is 12.1 Å². The first-order chi connectivity index (χ1) is 12.1. The van der Waals surface area contributed by atoms with Crippen LogP contribution in [0.4, 0.5) is 5.69 Å². The summed E-state index contributed by atoms with van der Waals surface area (Å²) in [5, 5.41) is 12.4. The van der Waals surface area contributed by atoms with Crippen LogP contribution in [0.15, 0.2) is 48.5 Å². The molecule has 3 N–H and O–H groups in total. The molecule has 25 heavy (non-hydrogen) atoms. The van der Waals surface area contributed by atoms with Gasteiger partial charge in [-0.15, -0.1) is 0 Å². The zero-order valence-electron chi connectivity index (χ0n) is 14.3. The fourth-order valence-electron chi connectivity index (χ4n) is 3.13. The second kappa shape index (κ2) is 7.37. The zero-order valence-corrected chi connectivity index (χ0v) is 14.3. The number of benzene rings is 2. The molecule has 3 rings (SSSR count). The summed E-state index contributed by atoms with van der Waals surface area (Å²) in [6.45, 7) is 3.17. The first-order valence-electron chi connectivity index (χ1n) is 8.49. The number of nitrogens with zero attached hydrogens (tertiary/aromatic N) is 2. The summed E-state index contributed by atoms with van der Waals surface area (Å²) in [7, 11) is 0. The highest BCUT2D eigenvalue weighted by Crippen LogP contribution is 2.30. The molecule has 2 unspecified atom stereocenters. The van der Waals surface area contributed by atoms with E-state index in [9.17, 15) is 10.1 Å². The largest absolute Gasteiger partial charge is 0.368 e. The van der Waals surface area contributed by atoms with Crippen molar-refractivity contribution >= 4 is 11.6 Å². The number of nitrogens with one attached hydrogen (secondary N) is 1. The predicted octanol–water partition coefficient (Wildman–Crippen LogP) is 2.27. The highest BCUT2D eigenvalue weighted by molar-refractivity contribution is 5.81. The fraction of sp³-hybridized carbons (Fsp3) is 0.300. The lowest BCUT2D eigenvalue weighted by Gasteiger charge is -2.21. The molecular formula is C20H22N4O. The molecule has 0 spiro atoms. The molecule has 5 nitrogen and oxygen atoms in total. The molecule has 1 aliphatic rings. The van der Waals surface area contributed by atoms with Crippen LogP contribution in [0, 0.1) is 11.3 Å². The van der Waals surface area contributed by atoms with Crippen LogP contribution in [-0.2, 0) is 4.79 Å². The first-order valence-corrected chi connectivity index (χ1v) is 8.49. The molecule has 2 atom stereocenters. The molecule has 1 aliphatic heterocycles. The number of anilines is 1. The van der Waals surface area contributed by atoms with Crippen molar-refractivity contribution in [2.75, 3.05) is 18.0 Å². The quantitative estimate of drug-likeness (QED) is 0.898. The SMILES string of the molecule is CC(N)C(=O)NC1CCN(c2cc(-c3ccccc3)ccc2C#N)C1. The third-order valence-electron chi connectivity index (χ3n) is 4.51. The number of nitrogens with two attached hydrogens (primary N) is 1. The minimum atomic E-state index is -0.509. The van der Waals surface area contributed by atoms with Crippen LogP contribution in [0.5, 0.6) is 0 Å². The van der Waals surface area contributed by atoms with Crippen molar-refractivity contribution in [3.63, 3.8) is 0 Å². The Labute approximate surface area is 148 Å². The van der Waals surface area contributed by atoms with Crippen LogP contribution in [0.1, 0.15) is 18.9 Å². The lowest BCUT2D eigenvalue weighted by Crippen LogP contribution is -2.44. The van der Waals surface area contributed by atoms with Crippen molar-refractivity contribution in [1.82, 2.24) is 5.32 Å². The predicted molar refractivity (Wildman–Crippen MR) is 99.0 cm³/mol. The first kappa shape index (κ1) is 17.0. The second-order valence-electron chi connectivity index (χ2n) is 6.44. The van der Waals surface area contributed by atoms with Gasteiger partial charge in [-0.3, -0.25) is 4.79 Å². The third kappa shape index (κ3) is 3.81. The second-order valence-corrected chi connectivity index (χ2v) is 6.44. The fourth-order valence-corrected chi connectivity index (χ4v) is 3.13. The minimum Gasteiger partial charge on any atom is -0.368 e. The van der Waals surface area contributed by atoms with E-state index in [4.69, 9.17) is 5.73 Å². The van der Waals surface area contributed by atoms with Crippen molar-refractivity contribution in [3.8, 4) is 17.2 Å². The normalized spacial score (nSPS) is 17.8. The molecule has 1 heterocycles. The van der Waals surface area contributed by atoms with Crippen LogP contribution < -0.4 is 16.0 Å². The smallest absolute Gasteiger partial charge is 0.236 e. The minimum absolute atomic E-state index is 0.0606. The van der Waals surface area contributed by atoms with Crippen LogP contribution in [0.25, 0.3) is 11.1 Å². The summed E-state index contributed by atoms with van der Waals surface area (Å²) in [4.78, 5) is 14.0. The van der Waals surface area contributed by atoms with E-state index >= 15 is 0 Å². The van der Waals surface area contributed by atoms with Gasteiger partial charge in [-0.1, -0.05) is 36.4 Å². The monoisotopic (exact) mass is 334 g/mol. The summed E-state index contributed by atoms with van der Waals surface area (Å²) in [6.07, 6.45) is 0.846. The van der Waals surface area contributed by atoms with Gasteiger partial charge in [-0.05, 0) is 36.6 Å². The van der Waals surface area contributed by atoms with E-state index < -0.39 is 6.04 Å². The van der Waals surface area contributed by atoms with Gasteiger partial charge in [0.25, 0.3) is 0 Å². The van der Waals surface area contributed by atoms with Crippen molar-refractivity contribution in [1.29, 1.82) is 5.26 Å². The number of nitriles is 1. The molecular weight excluding hydrogens is 312 g/mol. The van der Waals surface area contributed by atoms with Gasteiger partial charge < -0.3 is 16.0 Å². The van der Waals surface area contributed by atoms with Gasteiger partial charge in [0.1, 0.15) is 6.07 Å². The lowest BCUT2D eigenvalue weighted by atomic mass is 10.0. The zero-order chi connectivity index (χ0) is 17.8. The Morgan fingerprint density at radius 1 is 1.28 bits per heavy atom. The molecule has 0 radical (unpaired) electrons. The molecule has 2 aromatic rings. The van der Waals surface area contributed by atoms with Gasteiger partial charge in [0.15, 0.2) is 0 Å². The summed E-state index contributed by atoms with van der Waals surface area (Å²) >= 11 is 0. The maximum atomic E-state index is 11.8. The van der Waals surface area contributed by atoms with Gasteiger partial charge in [0.05, 0.1) is 17.3 Å². The van der Waals surface area contributed by atoms with Gasteiger partial charge in [0.2, 0.25) is 5.91 Å². The van der Waals surface area contributed by atoms with Crippen LogP contribution in [0.2, 0.25) is 0 Å². The van der Waals surface area contributed by atoms with Crippen molar-refractivity contribution in [2.45, 2.75) is 25.4 Å². The van der Waals surface area contributed by atoms with Crippen LogP contribution in [0.3, 0.4) is 0 Å². The maximum Gasteiger partial charge on any atom is 0.236 e. The number of amides is 1. The summed E-state index contributed by atoms with van der Waals surface area (Å²) < 4.78 is 0. The Morgan fingerprint density at radius 3 is 2.72 bits per heavy atom. The van der Waals surface area contributed by atoms with Gasteiger partial charge in [-0.25, -0.2) is 0 Å². The Balaban J connectivity index is 1.82. The van der Waals surface area contributed by atoms with Crippen LogP contribution >= 0.6 is 0 Å². The Bertz CT molecular complexity index is 795. The van der Waals surface area contributed by atoms with E-state index in [1.165, 1.54) is 0 Å².